The molecule has 0 aliphatic heterocycles. The molecule has 14 heavy (non-hydrogen) atoms. The number of hydrogen-bond acceptors (Lipinski definition) is 4. The van der Waals surface area contributed by atoms with Crippen LogP contribution in [0.1, 0.15) is 16.1 Å². The van der Waals surface area contributed by atoms with Crippen molar-refractivity contribution in [3.63, 3.8) is 0 Å². The fourth-order valence-corrected chi connectivity index (χ4v) is 1.18. The van der Waals surface area contributed by atoms with Gasteiger partial charge in [0.05, 0.1) is 24.4 Å². The van der Waals surface area contributed by atoms with Gasteiger partial charge in [-0.05, 0) is 12.1 Å². The largest absolute Gasteiger partial charge is 0.469 e. The van der Waals surface area contributed by atoms with Gasteiger partial charge in [0, 0.05) is 0 Å². The Hall–Kier alpha value is -2.04. The fourth-order valence-electron chi connectivity index (χ4n) is 1.18. The molecule has 0 amide bonds. The molecule has 0 atom stereocenters. The van der Waals surface area contributed by atoms with Crippen LogP contribution in [0.5, 0.6) is 0 Å². The predicted octanol–water partition coefficient (Wildman–Crippen LogP) is 1.01. The number of rotatable bonds is 3. The Labute approximate surface area is 79.9 Å². The number of carbonyl (C=O) groups excluding carboxylic acids is 1. The van der Waals surface area contributed by atoms with Crippen LogP contribution >= 0.6 is 0 Å². The zero-order chi connectivity index (χ0) is 9.97. The van der Waals surface area contributed by atoms with Crippen molar-refractivity contribution in [2.75, 3.05) is 5.73 Å². The molecule has 0 aliphatic rings. The molecule has 72 valence electrons. The smallest absolute Gasteiger partial charge is 0.175 e. The van der Waals surface area contributed by atoms with E-state index < -0.39 is 0 Å². The minimum absolute atomic E-state index is 0.105. The van der Waals surface area contributed by atoms with Crippen molar-refractivity contribution >= 4 is 11.6 Å². The van der Waals surface area contributed by atoms with E-state index in [1.165, 1.54) is 12.5 Å². The third-order valence-electron chi connectivity index (χ3n) is 1.88. The van der Waals surface area contributed by atoms with E-state index in [0.29, 0.717) is 17.1 Å². The fraction of sp³-hybridized carbons (Fsp3) is 0.111. The molecule has 3 N–H and O–H groups in total. The van der Waals surface area contributed by atoms with Gasteiger partial charge in [0.15, 0.2) is 5.78 Å². The van der Waals surface area contributed by atoms with Gasteiger partial charge in [-0.3, -0.25) is 9.89 Å². The summed E-state index contributed by atoms with van der Waals surface area (Å²) in [5, 5.41) is 6.18. The van der Waals surface area contributed by atoms with Gasteiger partial charge >= 0.3 is 0 Å². The number of aromatic nitrogens is 2. The molecule has 0 saturated heterocycles. The Bertz CT molecular complexity index is 431. The van der Waals surface area contributed by atoms with Crippen LogP contribution in [0, 0.1) is 0 Å². The van der Waals surface area contributed by atoms with E-state index in [2.05, 4.69) is 10.2 Å². The number of hydrogen-bond donors (Lipinski definition) is 2. The first-order valence-electron chi connectivity index (χ1n) is 4.12. The lowest BCUT2D eigenvalue weighted by Crippen LogP contribution is -2.04. The van der Waals surface area contributed by atoms with E-state index in [9.17, 15) is 4.79 Å². The molecule has 0 fully saturated rings. The number of nitrogens with two attached hydrogens (primary N) is 1. The predicted molar refractivity (Wildman–Crippen MR) is 49.7 cm³/mol. The van der Waals surface area contributed by atoms with E-state index in [4.69, 9.17) is 10.2 Å². The summed E-state index contributed by atoms with van der Waals surface area (Å²) in [6.07, 6.45) is 3.15. The van der Waals surface area contributed by atoms with Crippen LogP contribution in [0.4, 0.5) is 5.82 Å². The van der Waals surface area contributed by atoms with Crippen LogP contribution in [0.25, 0.3) is 0 Å². The molecule has 0 unspecified atom stereocenters. The summed E-state index contributed by atoms with van der Waals surface area (Å²) in [4.78, 5) is 11.6. The molecule has 2 aromatic rings. The van der Waals surface area contributed by atoms with E-state index in [0.717, 1.165) is 0 Å². The number of nitrogen functional groups attached to an aromatic ring is 1. The summed E-state index contributed by atoms with van der Waals surface area (Å²) in [5.41, 5.74) is 5.91. The molecule has 0 radical (unpaired) electrons. The molecule has 5 nitrogen and oxygen atoms in total. The molecular weight excluding hydrogens is 182 g/mol. The maximum atomic E-state index is 11.6. The van der Waals surface area contributed by atoms with Gasteiger partial charge in [-0.25, -0.2) is 0 Å². The number of carbonyl (C=O) groups is 1. The average molecular weight is 191 g/mol. The van der Waals surface area contributed by atoms with Crippen LogP contribution in [0.2, 0.25) is 0 Å². The van der Waals surface area contributed by atoms with Crippen LogP contribution in [0.15, 0.2) is 29.0 Å². The van der Waals surface area contributed by atoms with Crippen LogP contribution < -0.4 is 5.73 Å². The maximum Gasteiger partial charge on any atom is 0.175 e. The second-order valence-corrected chi connectivity index (χ2v) is 2.88. The minimum Gasteiger partial charge on any atom is -0.469 e. The molecule has 0 bridgehead atoms. The molecular formula is C9H9N3O2. The lowest BCUT2D eigenvalue weighted by molar-refractivity contribution is 0.0988. The van der Waals surface area contributed by atoms with Crippen molar-refractivity contribution in [2.45, 2.75) is 6.42 Å². The number of anilines is 1. The number of H-pyrrole nitrogens is 1. The molecule has 0 saturated carbocycles. The van der Waals surface area contributed by atoms with E-state index >= 15 is 0 Å². The van der Waals surface area contributed by atoms with Gasteiger partial charge < -0.3 is 10.2 Å². The highest BCUT2D eigenvalue weighted by Gasteiger charge is 2.13. The Morgan fingerprint density at radius 3 is 3.07 bits per heavy atom. The van der Waals surface area contributed by atoms with Crippen LogP contribution in [-0.4, -0.2) is 16.0 Å². The van der Waals surface area contributed by atoms with Crippen LogP contribution in [0.3, 0.4) is 0 Å². The van der Waals surface area contributed by atoms with Crippen molar-refractivity contribution in [1.29, 1.82) is 0 Å². The zero-order valence-corrected chi connectivity index (χ0v) is 7.36. The average Bonchev–Trinajstić information content (AvgIpc) is 2.75. The van der Waals surface area contributed by atoms with Gasteiger partial charge in [0.1, 0.15) is 11.6 Å². The molecule has 5 heteroatoms. The van der Waals surface area contributed by atoms with Gasteiger partial charge in [0.2, 0.25) is 0 Å². The first-order chi connectivity index (χ1) is 6.77. The van der Waals surface area contributed by atoms with Crippen molar-refractivity contribution in [3.05, 3.63) is 35.9 Å². The lowest BCUT2D eigenvalue weighted by Gasteiger charge is -1.95. The van der Waals surface area contributed by atoms with Gasteiger partial charge in [-0.2, -0.15) is 5.10 Å². The molecule has 0 spiro atoms. The number of nitrogens with zero attached hydrogens (tertiary/aromatic N) is 1. The number of nitrogens with one attached hydrogen (secondary N) is 1. The lowest BCUT2D eigenvalue weighted by atomic mass is 10.1. The summed E-state index contributed by atoms with van der Waals surface area (Å²) in [5.74, 6) is 0.809. The molecule has 2 aromatic heterocycles. The van der Waals surface area contributed by atoms with Crippen molar-refractivity contribution in [1.82, 2.24) is 10.2 Å². The summed E-state index contributed by atoms with van der Waals surface area (Å²) >= 11 is 0. The first-order valence-corrected chi connectivity index (χ1v) is 4.12. The highest BCUT2D eigenvalue weighted by atomic mass is 16.3. The summed E-state index contributed by atoms with van der Waals surface area (Å²) in [7, 11) is 0. The monoisotopic (exact) mass is 191 g/mol. The standard InChI is InChI=1S/C9H9N3O2/c10-9-7(5-11-12-9)8(13)4-6-2-1-3-14-6/h1-3,5H,4H2,(H3,10,11,12). The van der Waals surface area contributed by atoms with Gasteiger partial charge in [0.25, 0.3) is 0 Å². The SMILES string of the molecule is Nc1[nH]ncc1C(=O)Cc1ccco1. The summed E-state index contributed by atoms with van der Waals surface area (Å²) in [6.45, 7) is 0. The minimum atomic E-state index is -0.105. The summed E-state index contributed by atoms with van der Waals surface area (Å²) in [6, 6.07) is 3.48. The number of ketones is 1. The second-order valence-electron chi connectivity index (χ2n) is 2.88. The van der Waals surface area contributed by atoms with E-state index in [1.807, 2.05) is 0 Å². The highest BCUT2D eigenvalue weighted by Crippen LogP contribution is 2.11. The van der Waals surface area contributed by atoms with Crippen molar-refractivity contribution in [2.24, 2.45) is 0 Å². The normalized spacial score (nSPS) is 10.3. The summed E-state index contributed by atoms with van der Waals surface area (Å²) < 4.78 is 5.05. The van der Waals surface area contributed by atoms with Crippen LogP contribution in [-0.2, 0) is 6.42 Å². The number of aromatic amines is 1. The second kappa shape index (κ2) is 3.37. The van der Waals surface area contributed by atoms with E-state index in [1.54, 1.807) is 12.1 Å². The molecule has 0 aliphatic carbocycles. The molecule has 0 aromatic carbocycles. The van der Waals surface area contributed by atoms with Gasteiger partial charge in [-0.1, -0.05) is 0 Å². The highest BCUT2D eigenvalue weighted by molar-refractivity contribution is 6.00. The number of Topliss-reactive ketones (excluding diaryl/α,β-unsaturated/α-hetero) is 1. The van der Waals surface area contributed by atoms with E-state index in [-0.39, 0.29) is 12.2 Å². The Morgan fingerprint density at radius 2 is 2.50 bits per heavy atom. The molecule has 2 rings (SSSR count). The Morgan fingerprint density at radius 1 is 1.64 bits per heavy atom. The Balaban J connectivity index is 2.14. The zero-order valence-electron chi connectivity index (χ0n) is 7.36. The first kappa shape index (κ1) is 8.55. The van der Waals surface area contributed by atoms with Crippen molar-refractivity contribution < 1.29 is 9.21 Å². The van der Waals surface area contributed by atoms with Gasteiger partial charge in [-0.15, -0.1) is 0 Å². The third kappa shape index (κ3) is 1.52. The Kier molecular flexibility index (Phi) is 2.06. The maximum absolute atomic E-state index is 11.6. The quantitative estimate of drug-likeness (QED) is 0.709. The third-order valence-corrected chi connectivity index (χ3v) is 1.88. The number of furan rings is 1. The molecule has 2 heterocycles. The van der Waals surface area contributed by atoms with Crippen molar-refractivity contribution in [3.8, 4) is 0 Å². The topological polar surface area (TPSA) is 84.9 Å².